The minimum Gasteiger partial charge on any atom is -0.462 e. The van der Waals surface area contributed by atoms with Gasteiger partial charge < -0.3 is 18.9 Å². The third kappa shape index (κ3) is 8.35. The lowest BCUT2D eigenvalue weighted by Crippen LogP contribution is -2.22. The third-order valence-electron chi connectivity index (χ3n) is 5.17. The minimum absolute atomic E-state index is 0.213. The van der Waals surface area contributed by atoms with E-state index in [4.69, 9.17) is 18.9 Å². The number of rotatable bonds is 11. The van der Waals surface area contributed by atoms with Crippen LogP contribution in [0.3, 0.4) is 0 Å². The van der Waals surface area contributed by atoms with Crippen molar-refractivity contribution < 1.29 is 38.1 Å². The maximum atomic E-state index is 12.4. The van der Waals surface area contributed by atoms with Crippen LogP contribution in [0, 0.1) is 11.8 Å². The van der Waals surface area contributed by atoms with Gasteiger partial charge in [0.1, 0.15) is 11.5 Å². The van der Waals surface area contributed by atoms with Gasteiger partial charge in [-0.2, -0.15) is 0 Å². The van der Waals surface area contributed by atoms with E-state index in [0.717, 1.165) is 6.42 Å². The van der Waals surface area contributed by atoms with Crippen LogP contribution in [0.15, 0.2) is 48.5 Å². The summed E-state index contributed by atoms with van der Waals surface area (Å²) in [6, 6.07) is 11.8. The van der Waals surface area contributed by atoms with Gasteiger partial charge in [0.05, 0.1) is 23.7 Å². The van der Waals surface area contributed by atoms with Crippen LogP contribution in [-0.4, -0.2) is 37.1 Å². The van der Waals surface area contributed by atoms with Gasteiger partial charge in [-0.25, -0.2) is 14.4 Å². The average molecular weight is 471 g/mol. The molecule has 2 aromatic rings. The Morgan fingerprint density at radius 2 is 1.24 bits per heavy atom. The first-order valence-electron chi connectivity index (χ1n) is 11.2. The molecule has 0 bridgehead atoms. The highest BCUT2D eigenvalue weighted by Crippen LogP contribution is 2.19. The van der Waals surface area contributed by atoms with Gasteiger partial charge in [0, 0.05) is 0 Å². The summed E-state index contributed by atoms with van der Waals surface area (Å²) in [5.41, 5.74) is 0.609. The number of carbonyl (C=O) groups is 4. The molecule has 0 heterocycles. The second-order valence-electron chi connectivity index (χ2n) is 7.94. The Morgan fingerprint density at radius 3 is 1.76 bits per heavy atom. The van der Waals surface area contributed by atoms with Crippen molar-refractivity contribution in [1.29, 1.82) is 0 Å². The molecule has 2 aromatic carbocycles. The summed E-state index contributed by atoms with van der Waals surface area (Å²) in [4.78, 5) is 47.9. The molecular formula is C26H30O8. The number of esters is 4. The molecule has 2 unspecified atom stereocenters. The van der Waals surface area contributed by atoms with Gasteiger partial charge in [0.2, 0.25) is 0 Å². The van der Waals surface area contributed by atoms with Crippen molar-refractivity contribution in [3.63, 3.8) is 0 Å². The van der Waals surface area contributed by atoms with E-state index in [1.54, 1.807) is 6.92 Å². The van der Waals surface area contributed by atoms with E-state index >= 15 is 0 Å². The molecule has 0 saturated heterocycles. The molecule has 34 heavy (non-hydrogen) atoms. The molecule has 0 aliphatic carbocycles. The average Bonchev–Trinajstić information content (AvgIpc) is 2.86. The summed E-state index contributed by atoms with van der Waals surface area (Å²) in [6.45, 7) is 7.43. The van der Waals surface area contributed by atoms with Crippen molar-refractivity contribution in [2.75, 3.05) is 13.2 Å². The Bertz CT molecular complexity index is 979. The van der Waals surface area contributed by atoms with Gasteiger partial charge in [-0.1, -0.05) is 34.1 Å². The molecule has 0 N–H and O–H groups in total. The Hall–Kier alpha value is -3.68. The van der Waals surface area contributed by atoms with Crippen LogP contribution in [0.4, 0.5) is 0 Å². The first kappa shape index (κ1) is 26.6. The number of benzene rings is 2. The van der Waals surface area contributed by atoms with E-state index in [0.29, 0.717) is 18.6 Å². The highest BCUT2D eigenvalue weighted by atomic mass is 16.6. The Kier molecular flexibility index (Phi) is 10.3. The van der Waals surface area contributed by atoms with Crippen molar-refractivity contribution in [2.45, 2.75) is 40.5 Å². The fourth-order valence-electron chi connectivity index (χ4n) is 2.50. The summed E-state index contributed by atoms with van der Waals surface area (Å²) in [5, 5.41) is 0. The monoisotopic (exact) mass is 470 g/mol. The van der Waals surface area contributed by atoms with Gasteiger partial charge in [0.15, 0.2) is 6.61 Å². The Morgan fingerprint density at radius 1 is 0.706 bits per heavy atom. The van der Waals surface area contributed by atoms with Crippen molar-refractivity contribution in [1.82, 2.24) is 0 Å². The first-order valence-corrected chi connectivity index (χ1v) is 11.2. The van der Waals surface area contributed by atoms with E-state index in [1.807, 2.05) is 20.8 Å². The van der Waals surface area contributed by atoms with Crippen LogP contribution in [-0.2, 0) is 19.1 Å². The number of ether oxygens (including phenoxy) is 4. The molecule has 0 aromatic heterocycles. The molecule has 0 amide bonds. The van der Waals surface area contributed by atoms with Crippen LogP contribution < -0.4 is 9.47 Å². The fraction of sp³-hybridized carbons (Fsp3) is 0.385. The normalized spacial score (nSPS) is 12.2. The van der Waals surface area contributed by atoms with Crippen molar-refractivity contribution in [2.24, 2.45) is 11.8 Å². The maximum Gasteiger partial charge on any atom is 0.349 e. The molecular weight excluding hydrogens is 440 g/mol. The van der Waals surface area contributed by atoms with Crippen LogP contribution >= 0.6 is 0 Å². The van der Waals surface area contributed by atoms with E-state index in [-0.39, 0.29) is 28.9 Å². The Labute approximate surface area is 199 Å². The molecule has 0 aliphatic rings. The fourth-order valence-corrected chi connectivity index (χ4v) is 2.50. The third-order valence-corrected chi connectivity index (χ3v) is 5.17. The van der Waals surface area contributed by atoms with Crippen LogP contribution in [0.1, 0.15) is 61.3 Å². The lowest BCUT2D eigenvalue weighted by molar-refractivity contribution is -0.156. The first-order chi connectivity index (χ1) is 16.2. The summed E-state index contributed by atoms with van der Waals surface area (Å²) in [7, 11) is 0. The Balaban J connectivity index is 1.85. The number of carbonyl (C=O) groups excluding carboxylic acids is 4. The number of hydrogen-bond acceptors (Lipinski definition) is 8. The lowest BCUT2D eigenvalue weighted by Gasteiger charge is -2.10. The zero-order chi connectivity index (χ0) is 25.1. The van der Waals surface area contributed by atoms with Crippen LogP contribution in [0.5, 0.6) is 11.5 Å². The lowest BCUT2D eigenvalue weighted by atomic mass is 10.1. The zero-order valence-corrected chi connectivity index (χ0v) is 19.9. The summed E-state index contributed by atoms with van der Waals surface area (Å²) in [6.07, 6.45) is 1.53. The predicted octanol–water partition coefficient (Wildman–Crippen LogP) is 4.60. The maximum absolute atomic E-state index is 12.4. The second-order valence-corrected chi connectivity index (χ2v) is 7.94. The topological polar surface area (TPSA) is 105 Å². The molecule has 182 valence electrons. The van der Waals surface area contributed by atoms with Gasteiger partial charge in [-0.3, -0.25) is 4.79 Å². The van der Waals surface area contributed by atoms with Gasteiger partial charge in [0.25, 0.3) is 0 Å². The molecule has 0 aliphatic heterocycles. The zero-order valence-electron chi connectivity index (χ0n) is 19.9. The van der Waals surface area contributed by atoms with E-state index in [1.165, 1.54) is 48.5 Å². The quantitative estimate of drug-likeness (QED) is 0.346. The molecule has 2 atom stereocenters. The smallest absolute Gasteiger partial charge is 0.349 e. The molecule has 0 spiro atoms. The predicted molar refractivity (Wildman–Crippen MR) is 124 cm³/mol. The molecule has 0 saturated carbocycles. The van der Waals surface area contributed by atoms with Crippen LogP contribution in [0.2, 0.25) is 0 Å². The van der Waals surface area contributed by atoms with Gasteiger partial charge in [-0.05, 0) is 60.9 Å². The summed E-state index contributed by atoms with van der Waals surface area (Å²) < 4.78 is 20.5. The molecule has 8 nitrogen and oxygen atoms in total. The minimum atomic E-state index is -0.718. The highest BCUT2D eigenvalue weighted by Gasteiger charge is 2.16. The number of hydrogen-bond donors (Lipinski definition) is 0. The van der Waals surface area contributed by atoms with E-state index in [9.17, 15) is 19.2 Å². The van der Waals surface area contributed by atoms with E-state index in [2.05, 4.69) is 0 Å². The largest absolute Gasteiger partial charge is 0.462 e. The van der Waals surface area contributed by atoms with Gasteiger partial charge >= 0.3 is 23.9 Å². The molecule has 8 heteroatoms. The summed E-state index contributed by atoms with van der Waals surface area (Å²) in [5.74, 6) is -1.79. The van der Waals surface area contributed by atoms with Crippen molar-refractivity contribution in [3.05, 3.63) is 59.7 Å². The standard InChI is InChI=1S/C26H30O8/c1-5-17(3)15-31-25(29)19-7-9-20(10-8-19)26(30)34-22-13-11-21(12-14-22)33-23(27)16-32-24(28)18(4)6-2/h7-14,17-18H,5-6,15-16H2,1-4H3. The second kappa shape index (κ2) is 13.1. The SMILES string of the molecule is CCC(C)COC(=O)c1ccc(C(=O)Oc2ccc(OC(=O)COC(=O)C(C)CC)cc2)cc1. The molecule has 0 fully saturated rings. The summed E-state index contributed by atoms with van der Waals surface area (Å²) >= 11 is 0. The van der Waals surface area contributed by atoms with Gasteiger partial charge in [-0.15, -0.1) is 0 Å². The highest BCUT2D eigenvalue weighted by molar-refractivity contribution is 5.94. The molecule has 0 radical (unpaired) electrons. The van der Waals surface area contributed by atoms with Crippen molar-refractivity contribution >= 4 is 23.9 Å². The molecule has 2 rings (SSSR count). The van der Waals surface area contributed by atoms with Crippen molar-refractivity contribution in [3.8, 4) is 11.5 Å². The van der Waals surface area contributed by atoms with E-state index < -0.39 is 30.5 Å². The van der Waals surface area contributed by atoms with Crippen LogP contribution in [0.25, 0.3) is 0 Å².